The van der Waals surface area contributed by atoms with Gasteiger partial charge in [-0.25, -0.2) is 0 Å². The summed E-state index contributed by atoms with van der Waals surface area (Å²) in [6, 6.07) is 7.70. The summed E-state index contributed by atoms with van der Waals surface area (Å²) in [4.78, 5) is 15.9. The minimum atomic E-state index is 0.0972. The van der Waals surface area contributed by atoms with E-state index in [4.69, 9.17) is 0 Å². The Labute approximate surface area is 111 Å². The van der Waals surface area contributed by atoms with E-state index in [9.17, 15) is 4.79 Å². The maximum Gasteiger partial charge on any atom is 0.253 e. The van der Waals surface area contributed by atoms with E-state index in [0.717, 1.165) is 24.2 Å². The lowest BCUT2D eigenvalue weighted by molar-refractivity contribution is 0.0785. The Hall–Kier alpha value is -1.35. The van der Waals surface area contributed by atoms with Crippen molar-refractivity contribution in [2.75, 3.05) is 34.2 Å². The fourth-order valence-corrected chi connectivity index (χ4v) is 1.47. The molecule has 1 aromatic carbocycles. The Bertz CT molecular complexity index is 361. The maximum absolute atomic E-state index is 12.1. The Kier molecular flexibility index (Phi) is 8.05. The van der Waals surface area contributed by atoms with Crippen molar-refractivity contribution in [3.63, 3.8) is 0 Å². The first-order valence-electron chi connectivity index (χ1n) is 6.48. The van der Waals surface area contributed by atoms with Gasteiger partial charge in [-0.1, -0.05) is 32.0 Å². The van der Waals surface area contributed by atoms with E-state index in [1.807, 2.05) is 66.2 Å². The molecule has 0 aromatic heterocycles. The minimum Gasteiger partial charge on any atom is -0.340 e. The second-order valence-electron chi connectivity index (χ2n) is 4.34. The number of carbonyl (C=O) groups excluding carboxylic acids is 1. The van der Waals surface area contributed by atoms with Crippen LogP contribution >= 0.6 is 0 Å². The van der Waals surface area contributed by atoms with E-state index in [0.29, 0.717) is 0 Å². The van der Waals surface area contributed by atoms with Crippen LogP contribution in [0.2, 0.25) is 0 Å². The summed E-state index contributed by atoms with van der Waals surface area (Å²) in [6.45, 7) is 7.60. The van der Waals surface area contributed by atoms with E-state index < -0.39 is 0 Å². The van der Waals surface area contributed by atoms with Crippen LogP contribution < -0.4 is 0 Å². The van der Waals surface area contributed by atoms with Crippen LogP contribution in [0, 0.1) is 6.92 Å². The Morgan fingerprint density at radius 2 is 1.61 bits per heavy atom. The maximum atomic E-state index is 12.1. The van der Waals surface area contributed by atoms with Gasteiger partial charge in [0, 0.05) is 25.7 Å². The third-order valence-electron chi connectivity index (χ3n) is 2.60. The van der Waals surface area contributed by atoms with Gasteiger partial charge in [-0.3, -0.25) is 4.79 Å². The molecule has 3 nitrogen and oxygen atoms in total. The molecular weight excluding hydrogens is 224 g/mol. The summed E-state index contributed by atoms with van der Waals surface area (Å²) in [5.74, 6) is 0.0972. The first-order chi connectivity index (χ1) is 8.52. The predicted molar refractivity (Wildman–Crippen MR) is 78.0 cm³/mol. The smallest absolute Gasteiger partial charge is 0.253 e. The fraction of sp³-hybridized carbons (Fsp3) is 0.533. The van der Waals surface area contributed by atoms with Gasteiger partial charge in [-0.2, -0.15) is 0 Å². The molecule has 1 aromatic rings. The lowest BCUT2D eigenvalue weighted by Crippen LogP contribution is -2.33. The minimum absolute atomic E-state index is 0.0972. The first-order valence-corrected chi connectivity index (χ1v) is 6.48. The molecule has 18 heavy (non-hydrogen) atoms. The summed E-state index contributed by atoms with van der Waals surface area (Å²) in [6.07, 6.45) is 0. The SMILES string of the molecule is CC.Cc1ccccc1C(=O)N(C)CCN(C)C. The third-order valence-corrected chi connectivity index (χ3v) is 2.60. The monoisotopic (exact) mass is 250 g/mol. The number of rotatable bonds is 4. The second-order valence-corrected chi connectivity index (χ2v) is 4.34. The van der Waals surface area contributed by atoms with Crippen LogP contribution in [-0.2, 0) is 0 Å². The average Bonchev–Trinajstić information content (AvgIpc) is 2.38. The number of hydrogen-bond donors (Lipinski definition) is 0. The molecule has 0 heterocycles. The van der Waals surface area contributed by atoms with Gasteiger partial charge in [0.2, 0.25) is 0 Å². The standard InChI is InChI=1S/C13H20N2O.C2H6/c1-11-7-5-6-8-12(11)13(16)15(4)10-9-14(2)3;1-2/h5-8H,9-10H2,1-4H3;1-2H3. The quantitative estimate of drug-likeness (QED) is 0.820. The van der Waals surface area contributed by atoms with Crippen LogP contribution in [0.4, 0.5) is 0 Å². The molecule has 0 saturated heterocycles. The molecule has 1 rings (SSSR count). The van der Waals surface area contributed by atoms with Crippen LogP contribution in [0.25, 0.3) is 0 Å². The highest BCUT2D eigenvalue weighted by Crippen LogP contribution is 2.09. The predicted octanol–water partition coefficient (Wildman–Crippen LogP) is 2.65. The molecule has 0 saturated carbocycles. The molecule has 0 radical (unpaired) electrons. The fourth-order valence-electron chi connectivity index (χ4n) is 1.47. The average molecular weight is 250 g/mol. The summed E-state index contributed by atoms with van der Waals surface area (Å²) in [5.41, 5.74) is 1.83. The lowest BCUT2D eigenvalue weighted by atomic mass is 10.1. The lowest BCUT2D eigenvalue weighted by Gasteiger charge is -2.20. The molecule has 0 bridgehead atoms. The Morgan fingerprint density at radius 1 is 1.06 bits per heavy atom. The van der Waals surface area contributed by atoms with Crippen LogP contribution in [0.5, 0.6) is 0 Å². The molecule has 0 unspecified atom stereocenters. The summed E-state index contributed by atoms with van der Waals surface area (Å²) >= 11 is 0. The Balaban J connectivity index is 0.00000137. The van der Waals surface area contributed by atoms with Gasteiger partial charge in [0.05, 0.1) is 0 Å². The number of benzene rings is 1. The van der Waals surface area contributed by atoms with Crippen molar-refractivity contribution in [1.29, 1.82) is 0 Å². The van der Waals surface area contributed by atoms with Crippen molar-refractivity contribution < 1.29 is 4.79 Å². The van der Waals surface area contributed by atoms with Crippen LogP contribution in [0.3, 0.4) is 0 Å². The second kappa shape index (κ2) is 8.70. The van der Waals surface area contributed by atoms with Crippen molar-refractivity contribution in [3.8, 4) is 0 Å². The van der Waals surface area contributed by atoms with Gasteiger partial charge in [0.25, 0.3) is 5.91 Å². The highest BCUT2D eigenvalue weighted by molar-refractivity contribution is 5.95. The van der Waals surface area contributed by atoms with E-state index in [2.05, 4.69) is 4.90 Å². The van der Waals surface area contributed by atoms with Gasteiger partial charge in [0.15, 0.2) is 0 Å². The highest BCUT2D eigenvalue weighted by atomic mass is 16.2. The summed E-state index contributed by atoms with van der Waals surface area (Å²) in [5, 5.41) is 0. The zero-order chi connectivity index (χ0) is 14.1. The molecule has 0 spiro atoms. The van der Waals surface area contributed by atoms with Crippen molar-refractivity contribution in [2.45, 2.75) is 20.8 Å². The van der Waals surface area contributed by atoms with E-state index >= 15 is 0 Å². The first kappa shape index (κ1) is 16.6. The number of amides is 1. The van der Waals surface area contributed by atoms with Crippen molar-refractivity contribution in [3.05, 3.63) is 35.4 Å². The molecule has 0 aliphatic heterocycles. The number of aryl methyl sites for hydroxylation is 1. The largest absolute Gasteiger partial charge is 0.340 e. The summed E-state index contributed by atoms with van der Waals surface area (Å²) in [7, 11) is 5.86. The zero-order valence-corrected chi connectivity index (χ0v) is 12.5. The van der Waals surface area contributed by atoms with Crippen molar-refractivity contribution >= 4 is 5.91 Å². The molecule has 3 heteroatoms. The molecule has 1 amide bonds. The van der Waals surface area contributed by atoms with Crippen LogP contribution in [0.15, 0.2) is 24.3 Å². The molecule has 0 N–H and O–H groups in total. The van der Waals surface area contributed by atoms with Crippen LogP contribution in [0.1, 0.15) is 29.8 Å². The van der Waals surface area contributed by atoms with Crippen molar-refractivity contribution in [2.24, 2.45) is 0 Å². The van der Waals surface area contributed by atoms with E-state index in [1.165, 1.54) is 0 Å². The third kappa shape index (κ3) is 5.32. The van der Waals surface area contributed by atoms with Gasteiger partial charge >= 0.3 is 0 Å². The van der Waals surface area contributed by atoms with E-state index in [-0.39, 0.29) is 5.91 Å². The van der Waals surface area contributed by atoms with Crippen LogP contribution in [-0.4, -0.2) is 49.9 Å². The topological polar surface area (TPSA) is 23.6 Å². The molecule has 102 valence electrons. The molecule has 0 fully saturated rings. The highest BCUT2D eigenvalue weighted by Gasteiger charge is 2.12. The number of likely N-dealkylation sites (N-methyl/N-ethyl adjacent to an activating group) is 2. The van der Waals surface area contributed by atoms with Gasteiger partial charge in [-0.05, 0) is 32.6 Å². The molecule has 0 aliphatic rings. The molecule has 0 aliphatic carbocycles. The Morgan fingerprint density at radius 3 is 2.11 bits per heavy atom. The van der Waals surface area contributed by atoms with Gasteiger partial charge < -0.3 is 9.80 Å². The molecular formula is C15H26N2O. The van der Waals surface area contributed by atoms with Crippen molar-refractivity contribution in [1.82, 2.24) is 9.80 Å². The normalized spacial score (nSPS) is 9.72. The summed E-state index contributed by atoms with van der Waals surface area (Å²) < 4.78 is 0. The number of hydrogen-bond acceptors (Lipinski definition) is 2. The van der Waals surface area contributed by atoms with E-state index in [1.54, 1.807) is 4.90 Å². The van der Waals surface area contributed by atoms with Gasteiger partial charge in [0.1, 0.15) is 0 Å². The molecule has 0 atom stereocenters. The number of carbonyl (C=O) groups is 1. The van der Waals surface area contributed by atoms with Gasteiger partial charge in [-0.15, -0.1) is 0 Å². The number of nitrogens with zero attached hydrogens (tertiary/aromatic N) is 2. The zero-order valence-electron chi connectivity index (χ0n) is 12.5.